The second-order valence-corrected chi connectivity index (χ2v) is 3.77. The maximum atomic E-state index is 11.2. The summed E-state index contributed by atoms with van der Waals surface area (Å²) in [5, 5.41) is 5.12. The molecular weight excluding hydrogens is 228 g/mol. The molecule has 0 atom stereocenters. The Labute approximate surface area is 105 Å². The molecule has 2 amide bonds. The summed E-state index contributed by atoms with van der Waals surface area (Å²) in [6, 6.07) is 7.28. The third-order valence-corrected chi connectivity index (χ3v) is 2.55. The zero-order valence-electron chi connectivity index (χ0n) is 10.3. The van der Waals surface area contributed by atoms with E-state index in [1.807, 2.05) is 25.1 Å². The van der Waals surface area contributed by atoms with Gasteiger partial charge in [0.25, 0.3) is 0 Å². The Hall–Kier alpha value is -2.43. The van der Waals surface area contributed by atoms with Crippen LogP contribution in [0.3, 0.4) is 0 Å². The molecule has 5 nitrogen and oxygen atoms in total. The number of carbonyl (C=O) groups is 1. The summed E-state index contributed by atoms with van der Waals surface area (Å²) in [7, 11) is 1.56. The normalized spacial score (nSPS) is 9.89. The third-order valence-electron chi connectivity index (χ3n) is 2.55. The Balaban J connectivity index is 2.28. The lowest BCUT2D eigenvalue weighted by molar-refractivity contribution is 0.254. The van der Waals surface area contributed by atoms with Crippen molar-refractivity contribution >= 4 is 11.8 Å². The highest BCUT2D eigenvalue weighted by molar-refractivity contribution is 5.88. The van der Waals surface area contributed by atoms with Crippen molar-refractivity contribution in [2.45, 2.75) is 6.92 Å². The molecule has 0 aliphatic heterocycles. The van der Waals surface area contributed by atoms with Gasteiger partial charge in [0.05, 0.1) is 0 Å². The highest BCUT2D eigenvalue weighted by Crippen LogP contribution is 2.22. The molecule has 0 saturated carbocycles. The van der Waals surface area contributed by atoms with Gasteiger partial charge in [0.1, 0.15) is 5.82 Å². The molecule has 0 aliphatic rings. The van der Waals surface area contributed by atoms with Crippen LogP contribution in [-0.4, -0.2) is 23.0 Å². The van der Waals surface area contributed by atoms with E-state index in [4.69, 9.17) is 0 Å². The van der Waals surface area contributed by atoms with Crippen LogP contribution in [0.2, 0.25) is 0 Å². The van der Waals surface area contributed by atoms with E-state index in [-0.39, 0.29) is 6.03 Å². The summed E-state index contributed by atoms with van der Waals surface area (Å²) in [6.07, 6.45) is 3.48. The van der Waals surface area contributed by atoms with Crippen LogP contribution in [0.4, 0.5) is 10.6 Å². The van der Waals surface area contributed by atoms with Crippen molar-refractivity contribution in [1.29, 1.82) is 0 Å². The predicted molar refractivity (Wildman–Crippen MR) is 70.3 cm³/mol. The van der Waals surface area contributed by atoms with Crippen molar-refractivity contribution < 1.29 is 4.79 Å². The van der Waals surface area contributed by atoms with Gasteiger partial charge in [-0.25, -0.2) is 9.78 Å². The van der Waals surface area contributed by atoms with E-state index in [0.29, 0.717) is 5.82 Å². The first-order valence-corrected chi connectivity index (χ1v) is 5.57. The highest BCUT2D eigenvalue weighted by atomic mass is 16.2. The summed E-state index contributed by atoms with van der Waals surface area (Å²) in [5.41, 5.74) is 2.94. The fourth-order valence-electron chi connectivity index (χ4n) is 1.65. The highest BCUT2D eigenvalue weighted by Gasteiger charge is 2.05. The van der Waals surface area contributed by atoms with Gasteiger partial charge in [-0.05, 0) is 36.8 Å². The Morgan fingerprint density at radius 1 is 1.17 bits per heavy atom. The zero-order valence-corrected chi connectivity index (χ0v) is 10.3. The van der Waals surface area contributed by atoms with Crippen molar-refractivity contribution in [1.82, 2.24) is 15.3 Å². The molecular formula is C13H14N4O. The number of hydrogen-bond acceptors (Lipinski definition) is 3. The minimum absolute atomic E-state index is 0.279. The van der Waals surface area contributed by atoms with Gasteiger partial charge in [-0.2, -0.15) is 0 Å². The van der Waals surface area contributed by atoms with E-state index in [1.165, 1.54) is 0 Å². The van der Waals surface area contributed by atoms with Gasteiger partial charge >= 0.3 is 6.03 Å². The molecule has 18 heavy (non-hydrogen) atoms. The number of aryl methyl sites for hydroxylation is 1. The van der Waals surface area contributed by atoms with Gasteiger partial charge in [-0.15, -0.1) is 0 Å². The number of hydrogen-bond donors (Lipinski definition) is 2. The van der Waals surface area contributed by atoms with E-state index >= 15 is 0 Å². The van der Waals surface area contributed by atoms with Crippen LogP contribution in [0.25, 0.3) is 11.1 Å². The second kappa shape index (κ2) is 5.27. The van der Waals surface area contributed by atoms with Crippen LogP contribution in [0.15, 0.2) is 36.7 Å². The average molecular weight is 242 g/mol. The zero-order chi connectivity index (χ0) is 13.0. The molecule has 0 bridgehead atoms. The van der Waals surface area contributed by atoms with Crippen LogP contribution in [-0.2, 0) is 0 Å². The molecule has 0 saturated heterocycles. The van der Waals surface area contributed by atoms with Gasteiger partial charge in [0.15, 0.2) is 0 Å². The lowest BCUT2D eigenvalue weighted by Gasteiger charge is -2.08. The van der Waals surface area contributed by atoms with E-state index in [9.17, 15) is 4.79 Å². The quantitative estimate of drug-likeness (QED) is 0.848. The molecule has 2 aromatic heterocycles. The van der Waals surface area contributed by atoms with Crippen LogP contribution >= 0.6 is 0 Å². The van der Waals surface area contributed by atoms with Gasteiger partial charge in [0, 0.05) is 30.7 Å². The number of amides is 2. The number of nitrogens with zero attached hydrogens (tertiary/aromatic N) is 2. The number of carbonyl (C=O) groups excluding carboxylic acids is 1. The number of nitrogens with one attached hydrogen (secondary N) is 2. The van der Waals surface area contributed by atoms with E-state index in [1.54, 1.807) is 25.5 Å². The topological polar surface area (TPSA) is 66.9 Å². The van der Waals surface area contributed by atoms with E-state index in [2.05, 4.69) is 20.6 Å². The fraction of sp³-hybridized carbons (Fsp3) is 0.154. The minimum Gasteiger partial charge on any atom is -0.341 e. The minimum atomic E-state index is -0.279. The van der Waals surface area contributed by atoms with Gasteiger partial charge < -0.3 is 5.32 Å². The molecule has 0 spiro atoms. The molecule has 0 aromatic carbocycles. The van der Waals surface area contributed by atoms with E-state index < -0.39 is 0 Å². The summed E-state index contributed by atoms with van der Waals surface area (Å²) >= 11 is 0. The van der Waals surface area contributed by atoms with E-state index in [0.717, 1.165) is 16.8 Å². The monoisotopic (exact) mass is 242 g/mol. The van der Waals surface area contributed by atoms with Crippen molar-refractivity contribution in [3.63, 3.8) is 0 Å². The summed E-state index contributed by atoms with van der Waals surface area (Å²) in [4.78, 5) is 19.5. The van der Waals surface area contributed by atoms with Crippen molar-refractivity contribution in [3.05, 3.63) is 42.4 Å². The van der Waals surface area contributed by atoms with Crippen molar-refractivity contribution in [3.8, 4) is 11.1 Å². The third kappa shape index (κ3) is 2.63. The Morgan fingerprint density at radius 2 is 1.89 bits per heavy atom. The SMILES string of the molecule is CNC(=O)Nc1ccc(-c2ccncc2)c(C)n1. The molecule has 2 N–H and O–H groups in total. The molecule has 2 aromatic rings. The molecule has 0 aliphatic carbocycles. The second-order valence-electron chi connectivity index (χ2n) is 3.77. The maximum Gasteiger partial charge on any atom is 0.320 e. The van der Waals surface area contributed by atoms with Gasteiger partial charge in [-0.1, -0.05) is 0 Å². The first kappa shape index (κ1) is 12.0. The van der Waals surface area contributed by atoms with Crippen LogP contribution in [0, 0.1) is 6.92 Å². The maximum absolute atomic E-state index is 11.2. The summed E-state index contributed by atoms with van der Waals surface area (Å²) in [6.45, 7) is 1.91. The standard InChI is InChI=1S/C13H14N4O/c1-9-11(10-5-7-15-8-6-10)3-4-12(16-9)17-13(18)14-2/h3-8H,1-2H3,(H2,14,16,17,18). The number of anilines is 1. The van der Waals surface area contributed by atoms with Gasteiger partial charge in [0.2, 0.25) is 0 Å². The Bertz CT molecular complexity index is 554. The molecule has 2 heterocycles. The van der Waals surface area contributed by atoms with Crippen LogP contribution in [0.1, 0.15) is 5.69 Å². The first-order chi connectivity index (χ1) is 8.70. The fourth-order valence-corrected chi connectivity index (χ4v) is 1.65. The molecule has 2 rings (SSSR count). The number of urea groups is 1. The lowest BCUT2D eigenvalue weighted by Crippen LogP contribution is -2.25. The van der Waals surface area contributed by atoms with Gasteiger partial charge in [-0.3, -0.25) is 10.3 Å². The smallest absolute Gasteiger partial charge is 0.320 e. The average Bonchev–Trinajstić information content (AvgIpc) is 2.40. The van der Waals surface area contributed by atoms with Crippen LogP contribution in [0.5, 0.6) is 0 Å². The summed E-state index contributed by atoms with van der Waals surface area (Å²) < 4.78 is 0. The number of aromatic nitrogens is 2. The van der Waals surface area contributed by atoms with Crippen molar-refractivity contribution in [2.24, 2.45) is 0 Å². The molecule has 0 radical (unpaired) electrons. The predicted octanol–water partition coefficient (Wildman–Crippen LogP) is 2.20. The first-order valence-electron chi connectivity index (χ1n) is 5.57. The Kier molecular flexibility index (Phi) is 3.52. The molecule has 0 unspecified atom stereocenters. The summed E-state index contributed by atoms with van der Waals surface area (Å²) in [5.74, 6) is 0.532. The number of rotatable bonds is 2. The van der Waals surface area contributed by atoms with Crippen molar-refractivity contribution in [2.75, 3.05) is 12.4 Å². The van der Waals surface area contributed by atoms with Crippen LogP contribution < -0.4 is 10.6 Å². The number of pyridine rings is 2. The Morgan fingerprint density at radius 3 is 2.50 bits per heavy atom. The lowest BCUT2D eigenvalue weighted by atomic mass is 10.1. The molecule has 0 fully saturated rings. The largest absolute Gasteiger partial charge is 0.341 e. The molecule has 92 valence electrons. The molecule has 5 heteroatoms.